The molecule has 0 bridgehead atoms. The minimum absolute atomic E-state index is 0.0517. The average molecular weight is 267 g/mol. The summed E-state index contributed by atoms with van der Waals surface area (Å²) in [5.41, 5.74) is 0.954. The van der Waals surface area contributed by atoms with Crippen LogP contribution in [0.5, 0.6) is 0 Å². The number of hydrogen-bond donors (Lipinski definition) is 1. The molecule has 4 nitrogen and oxygen atoms in total. The molecule has 0 saturated heterocycles. The van der Waals surface area contributed by atoms with Gasteiger partial charge < -0.3 is 0 Å². The zero-order valence-electron chi connectivity index (χ0n) is 10.3. The molecule has 0 spiro atoms. The Kier molecular flexibility index (Phi) is 3.71. The van der Waals surface area contributed by atoms with E-state index in [0.29, 0.717) is 12.3 Å². The Balaban J connectivity index is 1.86. The largest absolute Gasteiger partial charge is 0.274 e. The van der Waals surface area contributed by atoms with Crippen molar-refractivity contribution < 1.29 is 13.2 Å². The number of benzene rings is 1. The van der Waals surface area contributed by atoms with E-state index in [9.17, 15) is 13.2 Å². The molecule has 0 heterocycles. The van der Waals surface area contributed by atoms with Gasteiger partial charge in [-0.1, -0.05) is 37.3 Å². The lowest BCUT2D eigenvalue weighted by Gasteiger charge is -2.06. The molecule has 0 radical (unpaired) electrons. The normalized spacial score (nSPS) is 22.5. The zero-order chi connectivity index (χ0) is 13.2. The Morgan fingerprint density at radius 2 is 1.94 bits per heavy atom. The van der Waals surface area contributed by atoms with Crippen molar-refractivity contribution >= 4 is 15.9 Å². The van der Waals surface area contributed by atoms with Crippen molar-refractivity contribution in [2.45, 2.75) is 19.8 Å². The third-order valence-electron chi connectivity index (χ3n) is 3.20. The smallest absolute Gasteiger partial charge is 0.236 e. The second-order valence-electron chi connectivity index (χ2n) is 4.84. The summed E-state index contributed by atoms with van der Waals surface area (Å²) in [5, 5.41) is 0. The molecule has 0 aliphatic heterocycles. The Labute approximate surface area is 107 Å². The first kappa shape index (κ1) is 13.1. The van der Waals surface area contributed by atoms with Crippen LogP contribution in [-0.2, 0) is 21.2 Å². The maximum Gasteiger partial charge on any atom is 0.236 e. The third kappa shape index (κ3) is 3.57. The molecular formula is C13H17NO3S. The predicted octanol–water partition coefficient (Wildman–Crippen LogP) is 1.33. The fourth-order valence-corrected chi connectivity index (χ4v) is 2.93. The summed E-state index contributed by atoms with van der Waals surface area (Å²) in [6.45, 7) is 1.95. The van der Waals surface area contributed by atoms with Gasteiger partial charge in [-0.3, -0.25) is 9.52 Å². The van der Waals surface area contributed by atoms with Crippen LogP contribution in [0.1, 0.15) is 18.9 Å². The predicted molar refractivity (Wildman–Crippen MR) is 69.3 cm³/mol. The van der Waals surface area contributed by atoms with Gasteiger partial charge in [-0.15, -0.1) is 0 Å². The first-order chi connectivity index (χ1) is 8.48. The van der Waals surface area contributed by atoms with E-state index in [4.69, 9.17) is 0 Å². The molecule has 1 aliphatic carbocycles. The quantitative estimate of drug-likeness (QED) is 0.875. The molecule has 98 valence electrons. The highest BCUT2D eigenvalue weighted by molar-refractivity contribution is 7.90. The van der Waals surface area contributed by atoms with Crippen LogP contribution in [-0.4, -0.2) is 20.1 Å². The summed E-state index contributed by atoms with van der Waals surface area (Å²) in [6.07, 6.45) is 1.21. The van der Waals surface area contributed by atoms with Gasteiger partial charge in [-0.05, 0) is 24.3 Å². The summed E-state index contributed by atoms with van der Waals surface area (Å²) in [5.74, 6) is -0.203. The molecule has 0 unspecified atom stereocenters. The maximum absolute atomic E-state index is 11.7. The van der Waals surface area contributed by atoms with Gasteiger partial charge in [0.2, 0.25) is 15.9 Å². The van der Waals surface area contributed by atoms with Crippen molar-refractivity contribution in [2.75, 3.05) is 5.75 Å². The Morgan fingerprint density at radius 1 is 1.33 bits per heavy atom. The first-order valence-corrected chi connectivity index (χ1v) is 7.71. The highest BCUT2D eigenvalue weighted by Crippen LogP contribution is 2.37. The molecule has 1 N–H and O–H groups in total. The topological polar surface area (TPSA) is 63.2 Å². The number of nitrogens with one attached hydrogen (secondary N) is 1. The zero-order valence-corrected chi connectivity index (χ0v) is 11.1. The highest BCUT2D eigenvalue weighted by atomic mass is 32.2. The van der Waals surface area contributed by atoms with E-state index in [1.165, 1.54) is 0 Å². The fraction of sp³-hybridized carbons (Fsp3) is 0.462. The van der Waals surface area contributed by atoms with Crippen LogP contribution >= 0.6 is 0 Å². The fourth-order valence-electron chi connectivity index (χ4n) is 1.86. The van der Waals surface area contributed by atoms with Crippen LogP contribution in [0, 0.1) is 11.8 Å². The second kappa shape index (κ2) is 5.10. The summed E-state index contributed by atoms with van der Waals surface area (Å²) >= 11 is 0. The minimum atomic E-state index is -3.51. The van der Waals surface area contributed by atoms with Gasteiger partial charge >= 0.3 is 0 Å². The molecule has 1 aromatic rings. The lowest BCUT2D eigenvalue weighted by Crippen LogP contribution is -2.34. The van der Waals surface area contributed by atoms with Crippen LogP contribution < -0.4 is 4.72 Å². The van der Waals surface area contributed by atoms with Crippen LogP contribution in [0.3, 0.4) is 0 Å². The van der Waals surface area contributed by atoms with E-state index in [-0.39, 0.29) is 17.6 Å². The van der Waals surface area contributed by atoms with Crippen molar-refractivity contribution in [1.82, 2.24) is 4.72 Å². The van der Waals surface area contributed by atoms with E-state index < -0.39 is 10.0 Å². The average Bonchev–Trinajstić information content (AvgIpc) is 3.05. The Morgan fingerprint density at radius 3 is 2.50 bits per heavy atom. The monoisotopic (exact) mass is 267 g/mol. The van der Waals surface area contributed by atoms with Crippen molar-refractivity contribution in [1.29, 1.82) is 0 Å². The van der Waals surface area contributed by atoms with Crippen LogP contribution in [0.15, 0.2) is 30.3 Å². The lowest BCUT2D eigenvalue weighted by molar-refractivity contribution is -0.120. The van der Waals surface area contributed by atoms with E-state index in [1.54, 1.807) is 0 Å². The third-order valence-corrected chi connectivity index (χ3v) is 4.46. The maximum atomic E-state index is 11.7. The van der Waals surface area contributed by atoms with Crippen molar-refractivity contribution in [3.8, 4) is 0 Å². The summed E-state index contributed by atoms with van der Waals surface area (Å²) < 4.78 is 25.6. The van der Waals surface area contributed by atoms with Gasteiger partial charge in [0.05, 0.1) is 5.75 Å². The van der Waals surface area contributed by atoms with Gasteiger partial charge in [0.15, 0.2) is 0 Å². The summed E-state index contributed by atoms with van der Waals surface area (Å²) in [4.78, 5) is 11.6. The van der Waals surface area contributed by atoms with Gasteiger partial charge in [0.1, 0.15) is 0 Å². The van der Waals surface area contributed by atoms with Crippen molar-refractivity contribution in [3.63, 3.8) is 0 Å². The summed E-state index contributed by atoms with van der Waals surface area (Å²) in [6, 6.07) is 9.37. The number of sulfonamides is 1. The number of hydrogen-bond acceptors (Lipinski definition) is 3. The number of carbonyl (C=O) groups is 1. The van der Waals surface area contributed by atoms with Gasteiger partial charge in [-0.25, -0.2) is 8.42 Å². The summed E-state index contributed by atoms with van der Waals surface area (Å²) in [7, 11) is -3.51. The molecule has 5 heteroatoms. The minimum Gasteiger partial charge on any atom is -0.274 e. The molecule has 1 aromatic carbocycles. The van der Waals surface area contributed by atoms with Crippen molar-refractivity contribution in [2.24, 2.45) is 11.8 Å². The number of aryl methyl sites for hydroxylation is 1. The van der Waals surface area contributed by atoms with Crippen molar-refractivity contribution in [3.05, 3.63) is 35.9 Å². The SMILES string of the molecule is C[C@@H]1C[C@@H]1C(=O)NS(=O)(=O)CCc1ccccc1. The van der Waals surface area contributed by atoms with Crippen LogP contribution in [0.4, 0.5) is 0 Å². The van der Waals surface area contributed by atoms with E-state index in [0.717, 1.165) is 12.0 Å². The first-order valence-electron chi connectivity index (χ1n) is 6.06. The van der Waals surface area contributed by atoms with Gasteiger partial charge in [-0.2, -0.15) is 0 Å². The molecule has 1 aliphatic rings. The van der Waals surface area contributed by atoms with E-state index >= 15 is 0 Å². The molecule has 18 heavy (non-hydrogen) atoms. The standard InChI is InChI=1S/C13H17NO3S/c1-10-9-12(10)13(15)14-18(16,17)8-7-11-5-3-2-4-6-11/h2-6,10,12H,7-9H2,1H3,(H,14,15)/t10-,12+/m1/s1. The Bertz CT molecular complexity index is 524. The molecule has 1 fully saturated rings. The van der Waals surface area contributed by atoms with Gasteiger partial charge in [0, 0.05) is 5.92 Å². The van der Waals surface area contributed by atoms with Crippen LogP contribution in [0.25, 0.3) is 0 Å². The lowest BCUT2D eigenvalue weighted by atomic mass is 10.2. The number of amides is 1. The molecule has 2 rings (SSSR count). The second-order valence-corrected chi connectivity index (χ2v) is 6.68. The van der Waals surface area contributed by atoms with E-state index in [1.807, 2.05) is 37.3 Å². The number of carbonyl (C=O) groups excluding carboxylic acids is 1. The molecule has 2 atom stereocenters. The molecule has 1 saturated carbocycles. The Hall–Kier alpha value is -1.36. The molecular weight excluding hydrogens is 250 g/mol. The molecule has 0 aromatic heterocycles. The van der Waals surface area contributed by atoms with Crippen LogP contribution in [0.2, 0.25) is 0 Å². The number of rotatable bonds is 5. The highest BCUT2D eigenvalue weighted by Gasteiger charge is 2.40. The van der Waals surface area contributed by atoms with E-state index in [2.05, 4.69) is 4.72 Å². The molecule has 1 amide bonds. The van der Waals surface area contributed by atoms with Gasteiger partial charge in [0.25, 0.3) is 0 Å².